The molecule has 2 heterocycles. The van der Waals surface area contributed by atoms with E-state index in [0.717, 1.165) is 38.7 Å². The third-order valence-corrected chi connectivity index (χ3v) is 5.73. The van der Waals surface area contributed by atoms with Crippen molar-refractivity contribution in [3.8, 4) is 17.2 Å². The molecule has 0 spiro atoms. The molecule has 5 rings (SSSR count). The summed E-state index contributed by atoms with van der Waals surface area (Å²) in [6.07, 6.45) is 3.61. The summed E-state index contributed by atoms with van der Waals surface area (Å²) >= 11 is 0. The highest BCUT2D eigenvalue weighted by Gasteiger charge is 2.14. The molecule has 0 aliphatic heterocycles. The maximum Gasteiger partial charge on any atom is 0.251 e. The van der Waals surface area contributed by atoms with Crippen LogP contribution in [0.2, 0.25) is 0 Å². The second-order valence-corrected chi connectivity index (χ2v) is 7.80. The van der Waals surface area contributed by atoms with E-state index in [1.807, 2.05) is 73.8 Å². The van der Waals surface area contributed by atoms with Crippen LogP contribution >= 0.6 is 0 Å². The molecule has 164 valence electrons. The van der Waals surface area contributed by atoms with E-state index in [2.05, 4.69) is 21.4 Å². The summed E-state index contributed by atoms with van der Waals surface area (Å²) < 4.78 is 11.5. The SMILES string of the molecule is COc1ccc2c(Oc3cccc(C(=O)NCc4ccc5[nH]ccc5c4)c3C)ccnc2c1. The van der Waals surface area contributed by atoms with E-state index >= 15 is 0 Å². The van der Waals surface area contributed by atoms with Gasteiger partial charge in [0, 0.05) is 47.0 Å². The van der Waals surface area contributed by atoms with Crippen LogP contribution in [-0.4, -0.2) is 23.0 Å². The van der Waals surface area contributed by atoms with Gasteiger partial charge in [0.05, 0.1) is 12.6 Å². The molecule has 0 aliphatic carbocycles. The lowest BCUT2D eigenvalue weighted by Crippen LogP contribution is -2.23. The van der Waals surface area contributed by atoms with Crippen LogP contribution in [0.4, 0.5) is 0 Å². The number of nitrogens with one attached hydrogen (secondary N) is 2. The Hall–Kier alpha value is -4.32. The van der Waals surface area contributed by atoms with E-state index in [1.54, 1.807) is 13.3 Å². The monoisotopic (exact) mass is 437 g/mol. The number of carbonyl (C=O) groups is 1. The first kappa shape index (κ1) is 20.6. The molecule has 5 aromatic rings. The minimum Gasteiger partial charge on any atom is -0.497 e. The first-order valence-electron chi connectivity index (χ1n) is 10.7. The van der Waals surface area contributed by atoms with Gasteiger partial charge in [0.2, 0.25) is 0 Å². The van der Waals surface area contributed by atoms with Crippen LogP contribution in [0.25, 0.3) is 21.8 Å². The van der Waals surface area contributed by atoms with Gasteiger partial charge in [0.15, 0.2) is 0 Å². The quantitative estimate of drug-likeness (QED) is 0.354. The molecule has 0 radical (unpaired) electrons. The van der Waals surface area contributed by atoms with Crippen molar-refractivity contribution in [1.82, 2.24) is 15.3 Å². The number of pyridine rings is 1. The average Bonchev–Trinajstić information content (AvgIpc) is 3.31. The average molecular weight is 437 g/mol. The van der Waals surface area contributed by atoms with E-state index in [4.69, 9.17) is 9.47 Å². The second kappa shape index (κ2) is 8.67. The summed E-state index contributed by atoms with van der Waals surface area (Å²) in [5, 5.41) is 5.01. The molecule has 1 amide bonds. The van der Waals surface area contributed by atoms with Crippen molar-refractivity contribution >= 4 is 27.7 Å². The molecule has 0 bridgehead atoms. The Bertz CT molecular complexity index is 1470. The molecular weight excluding hydrogens is 414 g/mol. The predicted octanol–water partition coefficient (Wildman–Crippen LogP) is 5.76. The smallest absolute Gasteiger partial charge is 0.251 e. The Balaban J connectivity index is 1.36. The fraction of sp³-hybridized carbons (Fsp3) is 0.111. The van der Waals surface area contributed by atoms with Gasteiger partial charge < -0.3 is 19.8 Å². The Morgan fingerprint density at radius 2 is 1.94 bits per heavy atom. The van der Waals surface area contributed by atoms with Crippen LogP contribution in [-0.2, 0) is 6.54 Å². The number of hydrogen-bond acceptors (Lipinski definition) is 4. The minimum atomic E-state index is -0.142. The van der Waals surface area contributed by atoms with E-state index < -0.39 is 0 Å². The highest BCUT2D eigenvalue weighted by atomic mass is 16.5. The van der Waals surface area contributed by atoms with Gasteiger partial charge in [-0.15, -0.1) is 0 Å². The number of rotatable bonds is 6. The summed E-state index contributed by atoms with van der Waals surface area (Å²) in [5.74, 6) is 1.89. The first-order valence-corrected chi connectivity index (χ1v) is 10.7. The molecule has 0 aliphatic rings. The van der Waals surface area contributed by atoms with E-state index in [-0.39, 0.29) is 5.91 Å². The molecule has 0 saturated carbocycles. The van der Waals surface area contributed by atoms with Crippen molar-refractivity contribution in [3.63, 3.8) is 0 Å². The largest absolute Gasteiger partial charge is 0.497 e. The van der Waals surface area contributed by atoms with Crippen molar-refractivity contribution in [2.45, 2.75) is 13.5 Å². The van der Waals surface area contributed by atoms with Crippen LogP contribution in [0.3, 0.4) is 0 Å². The topological polar surface area (TPSA) is 76.2 Å². The van der Waals surface area contributed by atoms with Crippen molar-refractivity contribution in [2.24, 2.45) is 0 Å². The molecule has 3 aromatic carbocycles. The van der Waals surface area contributed by atoms with Crippen LogP contribution < -0.4 is 14.8 Å². The van der Waals surface area contributed by atoms with E-state index in [0.29, 0.717) is 23.6 Å². The van der Waals surface area contributed by atoms with Gasteiger partial charge in [-0.05, 0) is 66.4 Å². The molecule has 0 atom stereocenters. The summed E-state index contributed by atoms with van der Waals surface area (Å²) in [7, 11) is 1.63. The number of nitrogens with zero attached hydrogens (tertiary/aromatic N) is 1. The normalized spacial score (nSPS) is 11.0. The molecule has 6 heteroatoms. The summed E-state index contributed by atoms with van der Waals surface area (Å²) in [5.41, 5.74) is 4.25. The van der Waals surface area contributed by atoms with Crippen molar-refractivity contribution in [1.29, 1.82) is 0 Å². The number of aromatic amines is 1. The highest BCUT2D eigenvalue weighted by molar-refractivity contribution is 5.96. The number of ether oxygens (including phenoxy) is 2. The van der Waals surface area contributed by atoms with Gasteiger partial charge in [0.1, 0.15) is 17.2 Å². The molecule has 33 heavy (non-hydrogen) atoms. The molecule has 2 N–H and O–H groups in total. The zero-order valence-electron chi connectivity index (χ0n) is 18.4. The van der Waals surface area contributed by atoms with Gasteiger partial charge >= 0.3 is 0 Å². The zero-order chi connectivity index (χ0) is 22.8. The Labute approximate surface area is 191 Å². The fourth-order valence-electron chi connectivity index (χ4n) is 3.90. The van der Waals surface area contributed by atoms with Crippen LogP contribution in [0.1, 0.15) is 21.5 Å². The molecule has 0 unspecified atom stereocenters. The molecule has 6 nitrogen and oxygen atoms in total. The number of methoxy groups -OCH3 is 1. The molecule has 0 fully saturated rings. The number of benzene rings is 3. The van der Waals surface area contributed by atoms with Gasteiger partial charge in [-0.3, -0.25) is 9.78 Å². The summed E-state index contributed by atoms with van der Waals surface area (Å²) in [4.78, 5) is 20.5. The van der Waals surface area contributed by atoms with Crippen LogP contribution in [0.15, 0.2) is 79.1 Å². The third-order valence-electron chi connectivity index (χ3n) is 5.73. The van der Waals surface area contributed by atoms with E-state index in [9.17, 15) is 4.79 Å². The van der Waals surface area contributed by atoms with Gasteiger partial charge in [-0.2, -0.15) is 0 Å². The third kappa shape index (κ3) is 4.11. The number of H-pyrrole nitrogens is 1. The Kier molecular flexibility index (Phi) is 5.40. The van der Waals surface area contributed by atoms with Crippen molar-refractivity contribution in [3.05, 3.63) is 95.8 Å². The number of hydrogen-bond donors (Lipinski definition) is 2. The Morgan fingerprint density at radius 3 is 2.82 bits per heavy atom. The number of aromatic nitrogens is 2. The van der Waals surface area contributed by atoms with E-state index in [1.165, 1.54) is 0 Å². The maximum absolute atomic E-state index is 12.9. The van der Waals surface area contributed by atoms with Gasteiger partial charge in [-0.25, -0.2) is 0 Å². The predicted molar refractivity (Wildman–Crippen MR) is 129 cm³/mol. The van der Waals surface area contributed by atoms with Crippen molar-refractivity contribution in [2.75, 3.05) is 7.11 Å². The summed E-state index contributed by atoms with van der Waals surface area (Å²) in [6, 6.07) is 21.1. The number of fused-ring (bicyclic) bond motifs is 2. The van der Waals surface area contributed by atoms with Gasteiger partial charge in [0.25, 0.3) is 5.91 Å². The maximum atomic E-state index is 12.9. The molecule has 2 aromatic heterocycles. The minimum absolute atomic E-state index is 0.142. The van der Waals surface area contributed by atoms with Crippen LogP contribution in [0.5, 0.6) is 17.2 Å². The lowest BCUT2D eigenvalue weighted by Gasteiger charge is -2.14. The lowest BCUT2D eigenvalue weighted by molar-refractivity contribution is 0.0950. The van der Waals surface area contributed by atoms with Crippen LogP contribution in [0, 0.1) is 6.92 Å². The zero-order valence-corrected chi connectivity index (χ0v) is 18.4. The number of carbonyl (C=O) groups excluding carboxylic acids is 1. The fourth-order valence-corrected chi connectivity index (χ4v) is 3.90. The first-order chi connectivity index (χ1) is 16.1. The molecular formula is C27H23N3O3. The highest BCUT2D eigenvalue weighted by Crippen LogP contribution is 2.33. The second-order valence-electron chi connectivity index (χ2n) is 7.80. The lowest BCUT2D eigenvalue weighted by atomic mass is 10.1. The van der Waals surface area contributed by atoms with Crippen molar-refractivity contribution < 1.29 is 14.3 Å². The number of amides is 1. The molecule has 0 saturated heterocycles. The standard InChI is InChI=1S/C27H23N3O3/c1-17-21(27(31)30-16-18-6-9-23-19(14-18)10-12-28-23)4-3-5-25(17)33-26-11-13-29-24-15-20(32-2)7-8-22(24)26/h3-15,28H,16H2,1-2H3,(H,30,31). The summed E-state index contributed by atoms with van der Waals surface area (Å²) in [6.45, 7) is 2.34. The van der Waals surface area contributed by atoms with Gasteiger partial charge in [-0.1, -0.05) is 12.1 Å². The Morgan fingerprint density at radius 1 is 1.03 bits per heavy atom.